The summed E-state index contributed by atoms with van der Waals surface area (Å²) >= 11 is 0. The molecule has 4 aromatic rings. The second-order valence-corrected chi connectivity index (χ2v) is 8.80. The minimum atomic E-state index is -0.469. The molecule has 0 saturated heterocycles. The van der Waals surface area contributed by atoms with Crippen molar-refractivity contribution in [2.24, 2.45) is 11.7 Å². The summed E-state index contributed by atoms with van der Waals surface area (Å²) < 4.78 is 2.21. The normalized spacial score (nSPS) is 11.3. The number of carbonyl (C=O) groups is 2. The van der Waals surface area contributed by atoms with Crippen LogP contribution in [-0.2, 0) is 13.0 Å². The molecule has 2 N–H and O–H groups in total. The van der Waals surface area contributed by atoms with Gasteiger partial charge in [-0.25, -0.2) is 0 Å². The van der Waals surface area contributed by atoms with Gasteiger partial charge in [-0.3, -0.25) is 9.59 Å². The van der Waals surface area contributed by atoms with Crippen LogP contribution in [0.15, 0.2) is 72.8 Å². The van der Waals surface area contributed by atoms with Crippen LogP contribution in [0.25, 0.3) is 22.0 Å². The molecule has 0 aliphatic rings. The topological polar surface area (TPSA) is 65.1 Å². The lowest BCUT2D eigenvalue weighted by Gasteiger charge is -2.16. The van der Waals surface area contributed by atoms with E-state index in [0.717, 1.165) is 51.7 Å². The van der Waals surface area contributed by atoms with Crippen LogP contribution in [0.3, 0.4) is 0 Å². The van der Waals surface area contributed by atoms with Crippen molar-refractivity contribution in [3.63, 3.8) is 0 Å². The maximum absolute atomic E-state index is 13.3. The lowest BCUT2D eigenvalue weighted by Crippen LogP contribution is -2.13. The molecule has 168 valence electrons. The van der Waals surface area contributed by atoms with Gasteiger partial charge in [-0.1, -0.05) is 87.9 Å². The molecule has 0 spiro atoms. The maximum atomic E-state index is 13.3. The predicted molar refractivity (Wildman–Crippen MR) is 135 cm³/mol. The molecular weight excluding hydrogens is 408 g/mol. The molecule has 0 saturated carbocycles. The van der Waals surface area contributed by atoms with E-state index in [1.54, 1.807) is 6.07 Å². The zero-order valence-corrected chi connectivity index (χ0v) is 19.5. The largest absolute Gasteiger partial charge is 0.366 e. The van der Waals surface area contributed by atoms with Crippen molar-refractivity contribution in [3.05, 3.63) is 95.2 Å². The second-order valence-electron chi connectivity index (χ2n) is 8.80. The number of primary amides is 1. The van der Waals surface area contributed by atoms with Gasteiger partial charge in [0.1, 0.15) is 0 Å². The SMILES string of the molecule is CCCc1c(C(=O)C(C)C)c2ccc(C(N)=O)cc2n1Cc1ccccc1-c1ccccc1. The van der Waals surface area contributed by atoms with Crippen molar-refractivity contribution in [2.75, 3.05) is 0 Å². The lowest BCUT2D eigenvalue weighted by atomic mass is 9.96. The van der Waals surface area contributed by atoms with Gasteiger partial charge in [-0.05, 0) is 35.2 Å². The Morgan fingerprint density at radius 2 is 1.64 bits per heavy atom. The molecule has 4 heteroatoms. The number of amides is 1. The minimum absolute atomic E-state index is 0.118. The van der Waals surface area contributed by atoms with E-state index in [9.17, 15) is 9.59 Å². The summed E-state index contributed by atoms with van der Waals surface area (Å²) in [5.41, 5.74) is 12.2. The van der Waals surface area contributed by atoms with Crippen molar-refractivity contribution < 1.29 is 9.59 Å². The molecule has 0 fully saturated rings. The van der Waals surface area contributed by atoms with Crippen LogP contribution in [0.5, 0.6) is 0 Å². The smallest absolute Gasteiger partial charge is 0.248 e. The number of benzene rings is 3. The third-order valence-corrected chi connectivity index (χ3v) is 6.14. The summed E-state index contributed by atoms with van der Waals surface area (Å²) in [6.07, 6.45) is 1.69. The molecule has 0 unspecified atom stereocenters. The van der Waals surface area contributed by atoms with Gasteiger partial charge in [0.05, 0.1) is 5.52 Å². The molecule has 33 heavy (non-hydrogen) atoms. The number of hydrogen-bond acceptors (Lipinski definition) is 2. The standard InChI is InChI=1S/C29H30N2O2/c1-4-10-25-27(28(32)19(2)3)24-16-15-21(29(30)33)17-26(24)31(25)18-22-13-8-9-14-23(22)20-11-6-5-7-12-20/h5-9,11-17,19H,4,10,18H2,1-3H3,(H2,30,33). The zero-order chi connectivity index (χ0) is 23.5. The summed E-state index contributed by atoms with van der Waals surface area (Å²) in [4.78, 5) is 25.3. The van der Waals surface area contributed by atoms with Crippen molar-refractivity contribution in [1.29, 1.82) is 0 Å². The molecule has 0 aliphatic heterocycles. The Kier molecular flexibility index (Phi) is 6.45. The molecule has 0 aliphatic carbocycles. The number of carbonyl (C=O) groups excluding carboxylic acids is 2. The fourth-order valence-corrected chi connectivity index (χ4v) is 4.52. The zero-order valence-electron chi connectivity index (χ0n) is 19.5. The van der Waals surface area contributed by atoms with Crippen LogP contribution in [0.4, 0.5) is 0 Å². The summed E-state index contributed by atoms with van der Waals surface area (Å²) in [6, 6.07) is 24.1. The van der Waals surface area contributed by atoms with Crippen molar-refractivity contribution in [3.8, 4) is 11.1 Å². The van der Waals surface area contributed by atoms with Gasteiger partial charge < -0.3 is 10.3 Å². The first-order valence-corrected chi connectivity index (χ1v) is 11.5. The molecule has 1 amide bonds. The summed E-state index contributed by atoms with van der Waals surface area (Å²) in [6.45, 7) is 6.59. The van der Waals surface area contributed by atoms with Crippen LogP contribution < -0.4 is 5.73 Å². The highest BCUT2D eigenvalue weighted by Crippen LogP contribution is 2.33. The van der Waals surface area contributed by atoms with Gasteiger partial charge in [-0.2, -0.15) is 0 Å². The molecule has 0 atom stereocenters. The van der Waals surface area contributed by atoms with Gasteiger partial charge in [-0.15, -0.1) is 0 Å². The van der Waals surface area contributed by atoms with Gasteiger partial charge in [0, 0.05) is 34.7 Å². The number of fused-ring (bicyclic) bond motifs is 1. The van der Waals surface area contributed by atoms with E-state index in [4.69, 9.17) is 5.73 Å². The van der Waals surface area contributed by atoms with E-state index < -0.39 is 5.91 Å². The Morgan fingerprint density at radius 3 is 2.30 bits per heavy atom. The second kappa shape index (κ2) is 9.45. The minimum Gasteiger partial charge on any atom is -0.366 e. The highest BCUT2D eigenvalue weighted by molar-refractivity contribution is 6.11. The van der Waals surface area contributed by atoms with E-state index >= 15 is 0 Å². The number of Topliss-reactive ketones (excluding diaryl/α,β-unsaturated/α-hetero) is 1. The van der Waals surface area contributed by atoms with Gasteiger partial charge in [0.15, 0.2) is 5.78 Å². The molecule has 0 radical (unpaired) electrons. The fourth-order valence-electron chi connectivity index (χ4n) is 4.52. The van der Waals surface area contributed by atoms with Crippen LogP contribution in [0.1, 0.15) is 59.2 Å². The number of aromatic nitrogens is 1. The summed E-state index contributed by atoms with van der Waals surface area (Å²) in [5, 5.41) is 0.888. The average molecular weight is 439 g/mol. The predicted octanol–water partition coefficient (Wildman–Crippen LogP) is 6.25. The molecule has 0 bridgehead atoms. The Labute approximate surface area is 195 Å². The Hall–Kier alpha value is -3.66. The van der Waals surface area contributed by atoms with E-state index in [-0.39, 0.29) is 11.7 Å². The van der Waals surface area contributed by atoms with Gasteiger partial charge >= 0.3 is 0 Å². The first-order valence-electron chi connectivity index (χ1n) is 11.5. The Bertz CT molecular complexity index is 1320. The number of hydrogen-bond donors (Lipinski definition) is 1. The molecule has 3 aromatic carbocycles. The first-order chi connectivity index (χ1) is 15.9. The Balaban J connectivity index is 1.97. The molecule has 1 heterocycles. The van der Waals surface area contributed by atoms with Crippen LogP contribution >= 0.6 is 0 Å². The number of rotatable bonds is 8. The molecule has 4 nitrogen and oxygen atoms in total. The van der Waals surface area contributed by atoms with Gasteiger partial charge in [0.2, 0.25) is 5.91 Å². The first kappa shape index (κ1) is 22.5. The third-order valence-electron chi connectivity index (χ3n) is 6.14. The van der Waals surface area contributed by atoms with E-state index in [0.29, 0.717) is 12.1 Å². The Morgan fingerprint density at radius 1 is 0.939 bits per heavy atom. The van der Waals surface area contributed by atoms with Crippen LogP contribution in [0.2, 0.25) is 0 Å². The highest BCUT2D eigenvalue weighted by Gasteiger charge is 2.25. The number of nitrogens with two attached hydrogens (primary N) is 1. The van der Waals surface area contributed by atoms with E-state index in [1.807, 2.05) is 56.3 Å². The third kappa shape index (κ3) is 4.34. The van der Waals surface area contributed by atoms with Crippen LogP contribution in [0, 0.1) is 5.92 Å². The van der Waals surface area contributed by atoms with Crippen LogP contribution in [-0.4, -0.2) is 16.3 Å². The molecular formula is C29H30N2O2. The van der Waals surface area contributed by atoms with E-state index in [1.165, 1.54) is 0 Å². The van der Waals surface area contributed by atoms with Crippen molar-refractivity contribution in [1.82, 2.24) is 4.57 Å². The molecule has 1 aromatic heterocycles. The highest BCUT2D eigenvalue weighted by atomic mass is 16.1. The number of ketones is 1. The van der Waals surface area contributed by atoms with E-state index in [2.05, 4.69) is 35.8 Å². The monoisotopic (exact) mass is 438 g/mol. The maximum Gasteiger partial charge on any atom is 0.248 e. The lowest BCUT2D eigenvalue weighted by molar-refractivity contribution is 0.0939. The average Bonchev–Trinajstić information content (AvgIpc) is 3.12. The van der Waals surface area contributed by atoms with Gasteiger partial charge in [0.25, 0.3) is 0 Å². The van der Waals surface area contributed by atoms with Crippen molar-refractivity contribution in [2.45, 2.75) is 40.2 Å². The van der Waals surface area contributed by atoms with Crippen molar-refractivity contribution >= 4 is 22.6 Å². The quantitative estimate of drug-likeness (QED) is 0.331. The summed E-state index contributed by atoms with van der Waals surface area (Å²) in [7, 11) is 0. The summed E-state index contributed by atoms with van der Waals surface area (Å²) in [5.74, 6) is -0.458. The number of nitrogens with zero attached hydrogens (tertiary/aromatic N) is 1. The molecule has 4 rings (SSSR count). The fraction of sp³-hybridized carbons (Fsp3) is 0.241.